The van der Waals surface area contributed by atoms with Gasteiger partial charge in [-0.2, -0.15) is 0 Å². The molecule has 0 atom stereocenters. The highest BCUT2D eigenvalue weighted by atomic mass is 35.5. The molecule has 0 aliphatic heterocycles. The molecule has 1 aromatic carbocycles. The molecule has 0 spiro atoms. The van der Waals surface area contributed by atoms with Crippen molar-refractivity contribution in [2.45, 2.75) is 45.2 Å². The monoisotopic (exact) mass is 449 g/mol. The minimum absolute atomic E-state index is 0.0365. The highest BCUT2D eigenvalue weighted by molar-refractivity contribution is 7.18. The van der Waals surface area contributed by atoms with Crippen LogP contribution in [0, 0.1) is 0 Å². The summed E-state index contributed by atoms with van der Waals surface area (Å²) in [5, 5.41) is 1.84. The molecular weight excluding hydrogens is 429 g/mol. The summed E-state index contributed by atoms with van der Waals surface area (Å²) >= 11 is 13.8. The number of halogens is 2. The summed E-state index contributed by atoms with van der Waals surface area (Å²) in [6.45, 7) is 0.697. The second-order valence-corrected chi connectivity index (χ2v) is 9.30. The maximum atomic E-state index is 13.0. The van der Waals surface area contributed by atoms with Crippen LogP contribution in [0.15, 0.2) is 29.3 Å². The van der Waals surface area contributed by atoms with Crippen molar-refractivity contribution in [2.24, 2.45) is 0 Å². The van der Waals surface area contributed by atoms with Crippen LogP contribution in [0.3, 0.4) is 0 Å². The third kappa shape index (κ3) is 4.20. The number of benzene rings is 1. The number of fused-ring (bicyclic) bond motifs is 3. The molecule has 0 saturated carbocycles. The Kier molecular flexibility index (Phi) is 5.95. The van der Waals surface area contributed by atoms with Gasteiger partial charge in [0, 0.05) is 41.5 Å². The van der Waals surface area contributed by atoms with Crippen LogP contribution < -0.4 is 5.56 Å². The molecule has 2 aromatic heterocycles. The van der Waals surface area contributed by atoms with Crippen molar-refractivity contribution >= 4 is 50.7 Å². The zero-order valence-electron chi connectivity index (χ0n) is 16.1. The second kappa shape index (κ2) is 8.46. The van der Waals surface area contributed by atoms with Crippen LogP contribution in [-0.4, -0.2) is 27.4 Å². The van der Waals surface area contributed by atoms with Gasteiger partial charge in [0.15, 0.2) is 0 Å². The molecular formula is C21H21Cl2N3O2S. The van der Waals surface area contributed by atoms with Crippen molar-refractivity contribution in [2.75, 3.05) is 7.05 Å². The number of aryl methyl sites for hydroxylation is 3. The van der Waals surface area contributed by atoms with Gasteiger partial charge in [-0.15, -0.1) is 11.3 Å². The molecule has 152 valence electrons. The number of amides is 1. The minimum Gasteiger partial charge on any atom is -0.341 e. The van der Waals surface area contributed by atoms with E-state index >= 15 is 0 Å². The first-order valence-electron chi connectivity index (χ1n) is 9.61. The zero-order valence-corrected chi connectivity index (χ0v) is 18.4. The van der Waals surface area contributed by atoms with Crippen molar-refractivity contribution in [3.63, 3.8) is 0 Å². The molecule has 0 radical (unpaired) electrons. The van der Waals surface area contributed by atoms with Crippen LogP contribution in [0.25, 0.3) is 10.2 Å². The highest BCUT2D eigenvalue weighted by Gasteiger charge is 2.20. The van der Waals surface area contributed by atoms with Gasteiger partial charge in [0.2, 0.25) is 5.91 Å². The maximum Gasteiger partial charge on any atom is 0.262 e. The molecule has 1 aliphatic carbocycles. The number of hydrogen-bond donors (Lipinski definition) is 0. The number of rotatable bonds is 5. The van der Waals surface area contributed by atoms with E-state index in [4.69, 9.17) is 23.2 Å². The quantitative estimate of drug-likeness (QED) is 0.567. The lowest BCUT2D eigenvalue weighted by molar-refractivity contribution is -0.130. The summed E-state index contributed by atoms with van der Waals surface area (Å²) in [5.41, 5.74) is 1.96. The van der Waals surface area contributed by atoms with E-state index in [-0.39, 0.29) is 17.9 Å². The van der Waals surface area contributed by atoms with E-state index in [1.54, 1.807) is 46.3 Å². The van der Waals surface area contributed by atoms with Crippen molar-refractivity contribution in [1.29, 1.82) is 0 Å². The lowest BCUT2D eigenvalue weighted by atomic mass is 9.97. The standard InChI is InChI=1S/C21H21Cl2N3O2S/c1-25(11-13-6-7-14(22)10-16(13)23)18(27)8-9-26-12-24-20-19(21(26)28)15-4-2-3-5-17(15)29-20/h6-7,10,12H,2-5,8-9,11H2,1H3. The Morgan fingerprint density at radius 3 is 2.86 bits per heavy atom. The Morgan fingerprint density at radius 1 is 1.28 bits per heavy atom. The summed E-state index contributed by atoms with van der Waals surface area (Å²) in [5.74, 6) is -0.0599. The lowest BCUT2D eigenvalue weighted by Gasteiger charge is -2.18. The van der Waals surface area contributed by atoms with Crippen LogP contribution in [0.2, 0.25) is 10.0 Å². The van der Waals surface area contributed by atoms with Gasteiger partial charge in [-0.3, -0.25) is 14.2 Å². The fraction of sp³-hybridized carbons (Fsp3) is 0.381. The lowest BCUT2D eigenvalue weighted by Crippen LogP contribution is -2.29. The number of carbonyl (C=O) groups excluding carboxylic acids is 1. The first kappa shape index (κ1) is 20.4. The van der Waals surface area contributed by atoms with Crippen LogP contribution in [0.4, 0.5) is 0 Å². The molecule has 3 aromatic rings. The first-order valence-corrected chi connectivity index (χ1v) is 11.2. The first-order chi connectivity index (χ1) is 13.9. The van der Waals surface area contributed by atoms with E-state index in [1.807, 2.05) is 6.07 Å². The van der Waals surface area contributed by atoms with E-state index in [0.717, 1.165) is 35.0 Å². The van der Waals surface area contributed by atoms with Crippen LogP contribution >= 0.6 is 34.5 Å². The van der Waals surface area contributed by atoms with E-state index in [1.165, 1.54) is 16.9 Å². The molecule has 2 heterocycles. The Bertz CT molecular complexity index is 1140. The SMILES string of the molecule is CN(Cc1ccc(Cl)cc1Cl)C(=O)CCn1cnc2sc3c(c2c1=O)CCCC3. The van der Waals surface area contributed by atoms with E-state index < -0.39 is 0 Å². The summed E-state index contributed by atoms with van der Waals surface area (Å²) in [6, 6.07) is 5.23. The van der Waals surface area contributed by atoms with Gasteiger partial charge in [-0.05, 0) is 48.9 Å². The normalized spacial score (nSPS) is 13.5. The Hall–Kier alpha value is -1.89. The molecule has 29 heavy (non-hydrogen) atoms. The second-order valence-electron chi connectivity index (χ2n) is 7.37. The van der Waals surface area contributed by atoms with Crippen molar-refractivity contribution in [3.05, 3.63) is 60.9 Å². The Morgan fingerprint density at radius 2 is 2.07 bits per heavy atom. The summed E-state index contributed by atoms with van der Waals surface area (Å²) in [4.78, 5) is 33.8. The zero-order chi connectivity index (χ0) is 20.5. The van der Waals surface area contributed by atoms with E-state index in [2.05, 4.69) is 4.98 Å². The third-order valence-electron chi connectivity index (χ3n) is 5.36. The molecule has 0 saturated heterocycles. The van der Waals surface area contributed by atoms with E-state index in [9.17, 15) is 9.59 Å². The van der Waals surface area contributed by atoms with Gasteiger partial charge >= 0.3 is 0 Å². The molecule has 0 N–H and O–H groups in total. The number of thiophene rings is 1. The average molecular weight is 450 g/mol. The van der Waals surface area contributed by atoms with Crippen LogP contribution in [0.5, 0.6) is 0 Å². The van der Waals surface area contributed by atoms with Gasteiger partial charge in [-0.1, -0.05) is 29.3 Å². The van der Waals surface area contributed by atoms with E-state index in [0.29, 0.717) is 23.1 Å². The fourth-order valence-corrected chi connectivity index (χ4v) is 5.43. The van der Waals surface area contributed by atoms with Gasteiger partial charge in [0.25, 0.3) is 5.56 Å². The highest BCUT2D eigenvalue weighted by Crippen LogP contribution is 2.33. The number of carbonyl (C=O) groups is 1. The molecule has 1 aliphatic rings. The molecule has 8 heteroatoms. The number of aromatic nitrogens is 2. The third-order valence-corrected chi connectivity index (χ3v) is 7.14. The number of nitrogens with zero attached hydrogens (tertiary/aromatic N) is 3. The summed E-state index contributed by atoms with van der Waals surface area (Å²) < 4.78 is 1.56. The molecule has 0 fully saturated rings. The predicted molar refractivity (Wildman–Crippen MR) is 118 cm³/mol. The van der Waals surface area contributed by atoms with Gasteiger partial charge in [0.05, 0.1) is 11.7 Å². The predicted octanol–water partition coefficient (Wildman–Crippen LogP) is 4.69. The van der Waals surface area contributed by atoms with Crippen molar-refractivity contribution in [1.82, 2.24) is 14.5 Å². The van der Waals surface area contributed by atoms with Crippen LogP contribution in [-0.2, 0) is 30.7 Å². The maximum absolute atomic E-state index is 13.0. The summed E-state index contributed by atoms with van der Waals surface area (Å²) in [6.07, 6.45) is 6.05. The summed E-state index contributed by atoms with van der Waals surface area (Å²) in [7, 11) is 1.73. The van der Waals surface area contributed by atoms with Crippen LogP contribution in [0.1, 0.15) is 35.3 Å². The van der Waals surface area contributed by atoms with Crippen molar-refractivity contribution < 1.29 is 4.79 Å². The van der Waals surface area contributed by atoms with Gasteiger partial charge in [-0.25, -0.2) is 4.98 Å². The molecule has 5 nitrogen and oxygen atoms in total. The van der Waals surface area contributed by atoms with Gasteiger partial charge < -0.3 is 4.90 Å². The largest absolute Gasteiger partial charge is 0.341 e. The molecule has 4 rings (SSSR count). The fourth-order valence-electron chi connectivity index (χ4n) is 3.74. The van der Waals surface area contributed by atoms with Gasteiger partial charge in [0.1, 0.15) is 4.83 Å². The smallest absolute Gasteiger partial charge is 0.262 e. The number of hydrogen-bond acceptors (Lipinski definition) is 4. The molecule has 0 bridgehead atoms. The average Bonchev–Trinajstić information content (AvgIpc) is 3.08. The molecule has 0 unspecified atom stereocenters. The Labute approximate surface area is 182 Å². The van der Waals surface area contributed by atoms with Crippen molar-refractivity contribution in [3.8, 4) is 0 Å². The minimum atomic E-state index is -0.0599. The molecule has 1 amide bonds. The Balaban J connectivity index is 1.47. The topological polar surface area (TPSA) is 55.2 Å².